The SMILES string of the molecule is [2H]c1cc(-c2c([2H])c([2H])c([2H])c(-n3c4c([2H])c([2H])c([2H])c([2H])c4c4c([2H])c([2H])c([2H])c(-n5c6c([2H])c([2H])c([2H])c([2H])c6c6c([2H])c([2H])c(-n7c8c([2H])c([2H])c([2H])c([2H])c8c8c([2H])c([2H])c([2H])c([2H])c87)c([2H])c65)c43)c2[2H])c([2H])c([2H])c1[2H]. The van der Waals surface area contributed by atoms with E-state index in [4.69, 9.17) is 21.9 Å². The first-order valence-corrected chi connectivity index (χ1v) is 15.1. The standard InChI is InChI=1S/C48H31N3/c1-2-14-32(15-3-1)33-16-12-17-34(30-33)50-44-25-10-7-21-39(44)41-22-13-27-46(48(41)50)51-45-26-11-6-20-38(45)40-29-28-35(31-47(40)51)49-42-23-8-4-18-36(42)37-19-5-9-24-43(37)49/h1-31H/i1D,2D,3D,4D,5D,6D,7D,8D,9D,10D,11D,12D,13D,14D,16D,17D,18D,19D,20D,21D,22D,23D,24D,25D,26D,27D,28D,29D,30D,31D. The van der Waals surface area contributed by atoms with Gasteiger partial charge in [-0.3, -0.25) is 0 Å². The second-order valence-electron chi connectivity index (χ2n) is 11.1. The first-order chi connectivity index (χ1) is 37.8. The smallest absolute Gasteiger partial charge is 0.0782 e. The van der Waals surface area contributed by atoms with E-state index in [9.17, 15) is 19.2 Å². The summed E-state index contributed by atoms with van der Waals surface area (Å²) >= 11 is 0. The summed E-state index contributed by atoms with van der Waals surface area (Å²) in [6.45, 7) is 0. The molecule has 51 heavy (non-hydrogen) atoms. The number of fused-ring (bicyclic) bond motifs is 9. The van der Waals surface area contributed by atoms with E-state index in [2.05, 4.69) is 0 Å². The minimum Gasteiger partial charge on any atom is -0.309 e. The summed E-state index contributed by atoms with van der Waals surface area (Å²) in [5.74, 6) is 0. The summed E-state index contributed by atoms with van der Waals surface area (Å²) in [4.78, 5) is 0. The Kier molecular flexibility index (Phi) is 2.47. The van der Waals surface area contributed by atoms with Crippen molar-refractivity contribution in [3.05, 3.63) is 187 Å². The summed E-state index contributed by atoms with van der Waals surface area (Å²) in [5.41, 5.74) is -8.27. The highest BCUT2D eigenvalue weighted by Gasteiger charge is 2.21. The normalized spacial score (nSPS) is 20.2. The zero-order valence-electron chi connectivity index (χ0n) is 55.4. The van der Waals surface area contributed by atoms with Crippen molar-refractivity contribution in [2.45, 2.75) is 0 Å². The molecule has 11 rings (SSSR count). The van der Waals surface area contributed by atoms with Crippen LogP contribution in [0, 0.1) is 0 Å². The molecule has 11 aromatic rings. The van der Waals surface area contributed by atoms with Gasteiger partial charge in [0.05, 0.1) is 79.9 Å². The number of benzene rings is 8. The number of para-hydroxylation sites is 5. The number of rotatable bonds is 4. The van der Waals surface area contributed by atoms with Crippen molar-refractivity contribution in [1.82, 2.24) is 13.7 Å². The van der Waals surface area contributed by atoms with Gasteiger partial charge in [0.1, 0.15) is 0 Å². The molecule has 0 amide bonds. The first kappa shape index (κ1) is 11.6. The molecule has 0 aliphatic heterocycles. The molecule has 0 fully saturated rings. The molecule has 3 nitrogen and oxygen atoms in total. The van der Waals surface area contributed by atoms with Crippen molar-refractivity contribution in [3.8, 4) is 28.2 Å². The third-order valence-corrected chi connectivity index (χ3v) is 8.47. The minimum absolute atomic E-state index is 0.520. The van der Waals surface area contributed by atoms with Crippen LogP contribution in [0.15, 0.2) is 187 Å². The van der Waals surface area contributed by atoms with Crippen LogP contribution in [0.2, 0.25) is 0 Å². The van der Waals surface area contributed by atoms with Gasteiger partial charge in [0, 0.05) is 43.7 Å². The van der Waals surface area contributed by atoms with E-state index in [1.54, 1.807) is 0 Å². The lowest BCUT2D eigenvalue weighted by molar-refractivity contribution is 1.12. The average molecular weight is 680 g/mol. The highest BCUT2D eigenvalue weighted by Crippen LogP contribution is 2.41. The van der Waals surface area contributed by atoms with Crippen LogP contribution in [-0.2, 0) is 0 Å². The molecule has 0 unspecified atom stereocenters. The molecule has 0 N–H and O–H groups in total. The van der Waals surface area contributed by atoms with Crippen LogP contribution < -0.4 is 0 Å². The summed E-state index contributed by atoms with van der Waals surface area (Å²) < 4.78 is 275. The fraction of sp³-hybridized carbons (Fsp3) is 0. The summed E-state index contributed by atoms with van der Waals surface area (Å²) in [7, 11) is 0. The number of aromatic nitrogens is 3. The largest absolute Gasteiger partial charge is 0.309 e. The van der Waals surface area contributed by atoms with Crippen LogP contribution in [0.5, 0.6) is 0 Å². The van der Waals surface area contributed by atoms with Crippen molar-refractivity contribution in [2.75, 3.05) is 0 Å². The lowest BCUT2D eigenvalue weighted by atomic mass is 10.1. The highest BCUT2D eigenvalue weighted by atomic mass is 15.1. The van der Waals surface area contributed by atoms with Crippen molar-refractivity contribution in [3.63, 3.8) is 0 Å². The first-order valence-electron chi connectivity index (χ1n) is 30.1. The summed E-state index contributed by atoms with van der Waals surface area (Å²) in [6, 6.07) is -27.2. The molecule has 0 atom stereocenters. The molecule has 238 valence electrons. The van der Waals surface area contributed by atoms with Gasteiger partial charge in [0.25, 0.3) is 0 Å². The third-order valence-electron chi connectivity index (χ3n) is 8.47. The molecular formula is C48H31N3. The van der Waals surface area contributed by atoms with E-state index >= 15 is 0 Å². The van der Waals surface area contributed by atoms with Crippen LogP contribution in [0.3, 0.4) is 0 Å². The van der Waals surface area contributed by atoms with Crippen molar-refractivity contribution < 1.29 is 41.1 Å². The van der Waals surface area contributed by atoms with E-state index in [1.807, 2.05) is 0 Å². The van der Waals surface area contributed by atoms with E-state index in [0.717, 1.165) is 15.2 Å². The Balaban J connectivity index is 1.49. The van der Waals surface area contributed by atoms with Crippen molar-refractivity contribution in [1.29, 1.82) is 0 Å². The number of nitrogens with zero attached hydrogens (tertiary/aromatic N) is 3. The average Bonchev–Trinajstić information content (AvgIpc) is 3.29. The van der Waals surface area contributed by atoms with Crippen LogP contribution in [0.4, 0.5) is 0 Å². The van der Waals surface area contributed by atoms with Crippen LogP contribution in [0.25, 0.3) is 93.6 Å². The molecule has 3 heterocycles. The molecular weight excluding hydrogens is 619 g/mol. The van der Waals surface area contributed by atoms with Crippen molar-refractivity contribution in [2.24, 2.45) is 0 Å². The predicted molar refractivity (Wildman–Crippen MR) is 215 cm³/mol. The Morgan fingerprint density at radius 1 is 0.314 bits per heavy atom. The van der Waals surface area contributed by atoms with Gasteiger partial charge in [0.15, 0.2) is 0 Å². The lowest BCUT2D eigenvalue weighted by Crippen LogP contribution is -2.01. The minimum atomic E-state index is -1.11. The van der Waals surface area contributed by atoms with Gasteiger partial charge in [-0.15, -0.1) is 0 Å². The Bertz CT molecular complexity index is 4800. The Labute approximate surface area is 336 Å². The molecule has 0 radical (unpaired) electrons. The maximum Gasteiger partial charge on any atom is 0.0782 e. The Hall–Kier alpha value is -6.84. The molecule has 3 heteroatoms. The van der Waals surface area contributed by atoms with Gasteiger partial charge >= 0.3 is 0 Å². The lowest BCUT2D eigenvalue weighted by Gasteiger charge is -2.16. The van der Waals surface area contributed by atoms with E-state index in [0.29, 0.717) is 4.57 Å². The van der Waals surface area contributed by atoms with Gasteiger partial charge < -0.3 is 13.7 Å². The van der Waals surface area contributed by atoms with E-state index in [1.165, 1.54) is 0 Å². The molecule has 0 saturated carbocycles. The van der Waals surface area contributed by atoms with Crippen LogP contribution in [-0.4, -0.2) is 13.7 Å². The summed E-state index contributed by atoms with van der Waals surface area (Å²) in [6.07, 6.45) is 0. The topological polar surface area (TPSA) is 14.8 Å². The van der Waals surface area contributed by atoms with Crippen molar-refractivity contribution >= 4 is 65.4 Å². The molecule has 0 aliphatic rings. The zero-order valence-corrected chi connectivity index (χ0v) is 25.4. The monoisotopic (exact) mass is 679 g/mol. The maximum atomic E-state index is 10.3. The van der Waals surface area contributed by atoms with Crippen LogP contribution >= 0.6 is 0 Å². The van der Waals surface area contributed by atoms with Gasteiger partial charge in [-0.1, -0.05) is 133 Å². The maximum absolute atomic E-state index is 10.3. The van der Waals surface area contributed by atoms with Gasteiger partial charge in [-0.2, -0.15) is 0 Å². The quantitative estimate of drug-likeness (QED) is 0.176. The second-order valence-corrected chi connectivity index (χ2v) is 11.1. The fourth-order valence-electron chi connectivity index (χ4n) is 6.42. The van der Waals surface area contributed by atoms with E-state index in [-0.39, 0.29) is 0 Å². The Morgan fingerprint density at radius 2 is 0.824 bits per heavy atom. The highest BCUT2D eigenvalue weighted by molar-refractivity contribution is 6.16. The number of hydrogen-bond acceptors (Lipinski definition) is 0. The molecule has 0 spiro atoms. The predicted octanol–water partition coefficient (Wildman–Crippen LogP) is 12.6. The second kappa shape index (κ2) is 10.8. The van der Waals surface area contributed by atoms with E-state index < -0.39 is 275 Å². The molecule has 0 aliphatic carbocycles. The molecule has 0 saturated heterocycles. The Morgan fingerprint density at radius 3 is 1.53 bits per heavy atom. The molecule has 0 bridgehead atoms. The molecule has 3 aromatic heterocycles. The third kappa shape index (κ3) is 4.06. The van der Waals surface area contributed by atoms with Crippen LogP contribution in [0.1, 0.15) is 41.1 Å². The number of hydrogen-bond donors (Lipinski definition) is 0. The fourth-order valence-corrected chi connectivity index (χ4v) is 6.42. The zero-order chi connectivity index (χ0) is 59.6. The summed E-state index contributed by atoms with van der Waals surface area (Å²) in [5, 5.41) is -3.68. The molecule has 8 aromatic carbocycles. The van der Waals surface area contributed by atoms with Gasteiger partial charge in [-0.05, 0) is 65.5 Å². The van der Waals surface area contributed by atoms with Gasteiger partial charge in [-0.25, -0.2) is 0 Å². The van der Waals surface area contributed by atoms with Gasteiger partial charge in [0.2, 0.25) is 0 Å².